The Bertz CT molecular complexity index is 1520. The van der Waals surface area contributed by atoms with Gasteiger partial charge in [0.2, 0.25) is 0 Å². The molecule has 0 aliphatic heterocycles. The van der Waals surface area contributed by atoms with Gasteiger partial charge in [0, 0.05) is 36.5 Å². The van der Waals surface area contributed by atoms with Crippen LogP contribution in [0.3, 0.4) is 0 Å². The topological polar surface area (TPSA) is 80.1 Å². The van der Waals surface area contributed by atoms with E-state index >= 15 is 0 Å². The number of ether oxygens (including phenoxy) is 1. The Balaban J connectivity index is 1.66. The fraction of sp³-hybridized carbons (Fsp3) is 0.250. The Kier molecular flexibility index (Phi) is 8.99. The molecule has 0 spiro atoms. The lowest BCUT2D eigenvalue weighted by molar-refractivity contribution is -0.128. The van der Waals surface area contributed by atoms with Crippen LogP contribution in [0.25, 0.3) is 11.0 Å². The maximum atomic E-state index is 13.9. The van der Waals surface area contributed by atoms with Gasteiger partial charge in [0.1, 0.15) is 11.3 Å². The molecule has 38 heavy (non-hydrogen) atoms. The minimum absolute atomic E-state index is 0.138. The molecule has 4 rings (SSSR count). The summed E-state index contributed by atoms with van der Waals surface area (Å²) in [5.41, 5.74) is 3.60. The van der Waals surface area contributed by atoms with Crippen molar-refractivity contribution in [1.29, 1.82) is 0 Å². The summed E-state index contributed by atoms with van der Waals surface area (Å²) in [6.07, 6.45) is 0.397. The number of rotatable bonds is 12. The molecule has 0 bridgehead atoms. The highest BCUT2D eigenvalue weighted by Crippen LogP contribution is 2.33. The van der Waals surface area contributed by atoms with Crippen LogP contribution in [0.1, 0.15) is 29.4 Å². The molecule has 1 aromatic heterocycles. The first-order valence-corrected chi connectivity index (χ1v) is 14.2. The molecule has 0 N–H and O–H groups in total. The van der Waals surface area contributed by atoms with Crippen LogP contribution in [0.2, 0.25) is 5.02 Å². The van der Waals surface area contributed by atoms with Crippen LogP contribution in [0.5, 0.6) is 0 Å². The number of aryl methyl sites for hydroxylation is 1. The minimum atomic E-state index is -3.94. The molecule has 0 aliphatic rings. The smallest absolute Gasteiger partial charge is 0.293 e. The van der Waals surface area contributed by atoms with Crippen molar-refractivity contribution in [1.82, 2.24) is 4.42 Å². The summed E-state index contributed by atoms with van der Waals surface area (Å²) in [5.74, 6) is 0.643. The van der Waals surface area contributed by atoms with E-state index in [1.54, 1.807) is 41.7 Å². The molecule has 1 heterocycles. The number of furan rings is 1. The van der Waals surface area contributed by atoms with Crippen molar-refractivity contribution in [3.8, 4) is 0 Å². The van der Waals surface area contributed by atoms with Crippen molar-refractivity contribution < 1.29 is 22.4 Å². The van der Waals surface area contributed by atoms with Gasteiger partial charge in [-0.05, 0) is 78.7 Å². The summed E-state index contributed by atoms with van der Waals surface area (Å²) in [6, 6.07) is 19.7. The fourth-order valence-electron chi connectivity index (χ4n) is 4.39. The first-order valence-electron chi connectivity index (χ1n) is 12.1. The van der Waals surface area contributed by atoms with Crippen LogP contribution in [-0.2, 0) is 39.1 Å². The van der Waals surface area contributed by atoms with Crippen LogP contribution in [0.4, 0.5) is 5.69 Å². The van der Waals surface area contributed by atoms with E-state index in [0.29, 0.717) is 52.4 Å². The number of fused-ring (bicyclic) bond motifs is 1. The second kappa shape index (κ2) is 12.2. The zero-order valence-corrected chi connectivity index (χ0v) is 23.4. The van der Waals surface area contributed by atoms with E-state index in [2.05, 4.69) is 0 Å². The highest BCUT2D eigenvalue weighted by Gasteiger charge is 2.27. The Morgan fingerprint density at radius 1 is 1.03 bits per heavy atom. The molecule has 0 saturated heterocycles. The van der Waals surface area contributed by atoms with Crippen LogP contribution in [-0.4, -0.2) is 32.5 Å². The third-order valence-electron chi connectivity index (χ3n) is 6.25. The number of carbonyl (C=O) groups is 1. The third-order valence-corrected chi connectivity index (χ3v) is 8.60. The predicted octanol–water partition coefficient (Wildman–Crippen LogP) is 6.48. The number of sulfonamides is 1. The van der Waals surface area contributed by atoms with Gasteiger partial charge in [0.25, 0.3) is 16.5 Å². The summed E-state index contributed by atoms with van der Waals surface area (Å²) in [4.78, 5) is 10.6. The van der Waals surface area contributed by atoms with Gasteiger partial charge >= 0.3 is 0 Å². The molecule has 0 saturated carbocycles. The number of halogens is 2. The summed E-state index contributed by atoms with van der Waals surface area (Å²) in [7, 11) is -3.94. The second-order valence-electron chi connectivity index (χ2n) is 8.73. The number of hydrogen-bond donors (Lipinski definition) is 0. The van der Waals surface area contributed by atoms with E-state index < -0.39 is 10.0 Å². The van der Waals surface area contributed by atoms with E-state index in [0.717, 1.165) is 11.1 Å². The first kappa shape index (κ1) is 28.0. The standard InChI is InChI=1S/C28H28Cl2N2O5S/c1-3-32(26-11-9-23(29)15-22(26)18-31(30)17-21-7-5-4-6-8-21)38(34,35)24-10-12-28-25(16-24)20(2)27(37-28)13-14-36-19-33/h4-12,15-16,19H,3,13-14,17-18H2,1-2H3. The Labute approximate surface area is 232 Å². The fourth-order valence-corrected chi connectivity index (χ4v) is 6.39. The highest BCUT2D eigenvalue weighted by atomic mass is 35.5. The summed E-state index contributed by atoms with van der Waals surface area (Å²) >= 11 is 12.9. The first-order chi connectivity index (χ1) is 18.2. The van der Waals surface area contributed by atoms with Gasteiger partial charge in [0.05, 0.1) is 17.2 Å². The van der Waals surface area contributed by atoms with E-state index in [1.807, 2.05) is 37.3 Å². The van der Waals surface area contributed by atoms with Crippen LogP contribution < -0.4 is 4.31 Å². The van der Waals surface area contributed by atoms with Crippen molar-refractivity contribution in [3.05, 3.63) is 94.2 Å². The average molecular weight is 576 g/mol. The summed E-state index contributed by atoms with van der Waals surface area (Å²) in [6.45, 7) is 5.17. The molecule has 0 aliphatic carbocycles. The van der Waals surface area contributed by atoms with Gasteiger partial charge < -0.3 is 9.15 Å². The number of carbonyl (C=O) groups excluding carboxylic acids is 1. The van der Waals surface area contributed by atoms with E-state index in [9.17, 15) is 13.2 Å². The van der Waals surface area contributed by atoms with Crippen molar-refractivity contribution in [2.24, 2.45) is 0 Å². The van der Waals surface area contributed by atoms with Crippen molar-refractivity contribution in [2.75, 3.05) is 17.5 Å². The zero-order valence-electron chi connectivity index (χ0n) is 21.1. The molecule has 10 heteroatoms. The molecule has 200 valence electrons. The number of hydrogen-bond acceptors (Lipinski definition) is 6. The second-order valence-corrected chi connectivity index (χ2v) is 11.5. The Hall–Kier alpha value is -3.04. The van der Waals surface area contributed by atoms with Crippen LogP contribution >= 0.6 is 23.4 Å². The molecule has 0 fully saturated rings. The van der Waals surface area contributed by atoms with Gasteiger partial charge in [-0.3, -0.25) is 9.10 Å². The molecule has 0 unspecified atom stereocenters. The minimum Gasteiger partial charge on any atom is -0.467 e. The van der Waals surface area contributed by atoms with Gasteiger partial charge in [-0.2, -0.15) is 0 Å². The predicted molar refractivity (Wildman–Crippen MR) is 150 cm³/mol. The molecule has 0 amide bonds. The van der Waals surface area contributed by atoms with E-state index in [1.165, 1.54) is 10.4 Å². The number of nitrogens with zero attached hydrogens (tertiary/aromatic N) is 2. The van der Waals surface area contributed by atoms with Gasteiger partial charge in [-0.1, -0.05) is 41.9 Å². The SMILES string of the molecule is CCN(c1ccc(Cl)cc1CN(Cl)Cc1ccccc1)S(=O)(=O)c1ccc2oc(CCOC=O)c(C)c2c1. The van der Waals surface area contributed by atoms with E-state index in [-0.39, 0.29) is 24.6 Å². The lowest BCUT2D eigenvalue weighted by atomic mass is 10.1. The Morgan fingerprint density at radius 2 is 1.79 bits per heavy atom. The van der Waals surface area contributed by atoms with E-state index in [4.69, 9.17) is 32.5 Å². The molecule has 4 aromatic rings. The van der Waals surface area contributed by atoms with Gasteiger partial charge in [0.15, 0.2) is 0 Å². The van der Waals surface area contributed by atoms with Gasteiger partial charge in [-0.15, -0.1) is 0 Å². The maximum absolute atomic E-state index is 13.9. The summed E-state index contributed by atoms with van der Waals surface area (Å²) in [5, 5.41) is 1.18. The summed E-state index contributed by atoms with van der Waals surface area (Å²) < 4.78 is 41.4. The molecule has 0 radical (unpaired) electrons. The average Bonchev–Trinajstić information content (AvgIpc) is 3.21. The molecule has 7 nitrogen and oxygen atoms in total. The Morgan fingerprint density at radius 3 is 2.50 bits per heavy atom. The lowest BCUT2D eigenvalue weighted by Crippen LogP contribution is -2.32. The van der Waals surface area contributed by atoms with Gasteiger partial charge in [-0.25, -0.2) is 12.8 Å². The zero-order chi connectivity index (χ0) is 27.3. The van der Waals surface area contributed by atoms with Crippen molar-refractivity contribution >= 4 is 56.5 Å². The molecular formula is C28H28Cl2N2O5S. The normalized spacial score (nSPS) is 11.7. The molecule has 0 atom stereocenters. The molecular weight excluding hydrogens is 547 g/mol. The largest absolute Gasteiger partial charge is 0.467 e. The highest BCUT2D eigenvalue weighted by molar-refractivity contribution is 7.92. The van der Waals surface area contributed by atoms with Crippen LogP contribution in [0.15, 0.2) is 76.0 Å². The lowest BCUT2D eigenvalue weighted by Gasteiger charge is -2.27. The molecule has 3 aromatic carbocycles. The quantitative estimate of drug-likeness (QED) is 0.109. The maximum Gasteiger partial charge on any atom is 0.293 e. The number of benzene rings is 3. The number of anilines is 1. The monoisotopic (exact) mass is 574 g/mol. The third kappa shape index (κ3) is 6.15. The van der Waals surface area contributed by atoms with Crippen LogP contribution in [0, 0.1) is 6.92 Å². The van der Waals surface area contributed by atoms with Crippen molar-refractivity contribution in [3.63, 3.8) is 0 Å². The van der Waals surface area contributed by atoms with Crippen molar-refractivity contribution in [2.45, 2.75) is 38.3 Å².